The van der Waals surface area contributed by atoms with Crippen LogP contribution in [0.4, 0.5) is 5.88 Å². The van der Waals surface area contributed by atoms with Crippen LogP contribution in [0.3, 0.4) is 0 Å². The molecule has 0 saturated heterocycles. The van der Waals surface area contributed by atoms with Crippen molar-refractivity contribution in [3.05, 3.63) is 71.8 Å². The summed E-state index contributed by atoms with van der Waals surface area (Å²) in [5, 5.41) is 3.93. The predicted octanol–water partition coefficient (Wildman–Crippen LogP) is 3.85. The predicted molar refractivity (Wildman–Crippen MR) is 94.0 cm³/mol. The van der Waals surface area contributed by atoms with E-state index < -0.39 is 10.0 Å². The van der Waals surface area contributed by atoms with E-state index in [2.05, 4.69) is 16.8 Å². The van der Waals surface area contributed by atoms with Crippen LogP contribution in [0.2, 0.25) is 0 Å². The van der Waals surface area contributed by atoms with Gasteiger partial charge in [-0.15, -0.1) is 0 Å². The number of sulfonamides is 1. The van der Waals surface area contributed by atoms with Crippen molar-refractivity contribution in [3.8, 4) is 11.3 Å². The summed E-state index contributed by atoms with van der Waals surface area (Å²) in [6.45, 7) is 2.09. The van der Waals surface area contributed by atoms with Gasteiger partial charge in [0, 0.05) is 11.6 Å². The van der Waals surface area contributed by atoms with Crippen molar-refractivity contribution in [1.82, 2.24) is 5.16 Å². The second-order valence-electron chi connectivity index (χ2n) is 5.47. The zero-order valence-electron chi connectivity index (χ0n) is 13.3. The molecule has 0 saturated carbocycles. The summed E-state index contributed by atoms with van der Waals surface area (Å²) < 4.78 is 31.9. The molecular weight excluding hydrogens is 324 g/mol. The van der Waals surface area contributed by atoms with E-state index in [4.69, 9.17) is 4.52 Å². The average Bonchev–Trinajstić information content (AvgIpc) is 3.03. The molecule has 1 N–H and O–H groups in total. The van der Waals surface area contributed by atoms with Crippen molar-refractivity contribution in [3.63, 3.8) is 0 Å². The number of anilines is 1. The number of aromatic nitrogens is 1. The van der Waals surface area contributed by atoms with Gasteiger partial charge < -0.3 is 4.52 Å². The van der Waals surface area contributed by atoms with E-state index in [-0.39, 0.29) is 11.6 Å². The molecule has 0 fully saturated rings. The lowest BCUT2D eigenvalue weighted by molar-refractivity contribution is 0.438. The summed E-state index contributed by atoms with van der Waals surface area (Å²) in [6.07, 6.45) is 0.962. The Balaban J connectivity index is 1.73. The first kappa shape index (κ1) is 16.3. The molecule has 5 nitrogen and oxygen atoms in total. The first-order valence-electron chi connectivity index (χ1n) is 7.66. The molecular formula is C18H18N2O3S. The standard InChI is InChI=1S/C18H18N2O3S/c1-2-14-8-10-16(11-9-14)17-12-18(23-19-17)20-24(21,22)13-15-6-4-3-5-7-15/h3-12,20H,2,13H2,1H3. The van der Waals surface area contributed by atoms with E-state index in [0.29, 0.717) is 11.3 Å². The summed E-state index contributed by atoms with van der Waals surface area (Å²) in [5.41, 5.74) is 3.41. The summed E-state index contributed by atoms with van der Waals surface area (Å²) in [4.78, 5) is 0. The molecule has 0 radical (unpaired) electrons. The van der Waals surface area contributed by atoms with Crippen molar-refractivity contribution in [1.29, 1.82) is 0 Å². The number of benzene rings is 2. The Morgan fingerprint density at radius 2 is 1.71 bits per heavy atom. The molecule has 3 rings (SSSR count). The maximum atomic E-state index is 12.2. The Bertz CT molecular complexity index is 901. The van der Waals surface area contributed by atoms with Gasteiger partial charge in [-0.25, -0.2) is 8.42 Å². The van der Waals surface area contributed by atoms with Crippen molar-refractivity contribution in [2.45, 2.75) is 19.1 Å². The van der Waals surface area contributed by atoms with E-state index in [0.717, 1.165) is 12.0 Å². The molecule has 0 aliphatic carbocycles. The van der Waals surface area contributed by atoms with Crippen LogP contribution < -0.4 is 4.72 Å². The van der Waals surface area contributed by atoms with E-state index in [1.165, 1.54) is 5.56 Å². The monoisotopic (exact) mass is 342 g/mol. The van der Waals surface area contributed by atoms with Crippen LogP contribution in [-0.2, 0) is 22.2 Å². The van der Waals surface area contributed by atoms with Gasteiger partial charge in [-0.05, 0) is 17.5 Å². The van der Waals surface area contributed by atoms with Crippen LogP contribution >= 0.6 is 0 Å². The lowest BCUT2D eigenvalue weighted by atomic mass is 10.1. The van der Waals surface area contributed by atoms with E-state index in [1.807, 2.05) is 30.3 Å². The molecule has 0 aliphatic rings. The van der Waals surface area contributed by atoms with Crippen LogP contribution in [-0.4, -0.2) is 13.6 Å². The molecule has 0 unspecified atom stereocenters. The van der Waals surface area contributed by atoms with Crippen molar-refractivity contribution in [2.75, 3.05) is 4.72 Å². The average molecular weight is 342 g/mol. The van der Waals surface area contributed by atoms with E-state index in [1.54, 1.807) is 30.3 Å². The summed E-state index contributed by atoms with van der Waals surface area (Å²) in [6, 6.07) is 18.5. The van der Waals surface area contributed by atoms with Gasteiger partial charge in [0.15, 0.2) is 0 Å². The van der Waals surface area contributed by atoms with Gasteiger partial charge in [0.25, 0.3) is 0 Å². The number of aryl methyl sites for hydroxylation is 1. The fraction of sp³-hybridized carbons (Fsp3) is 0.167. The Labute approximate surface area is 141 Å². The topological polar surface area (TPSA) is 72.2 Å². The molecule has 0 bridgehead atoms. The molecule has 0 aliphatic heterocycles. The highest BCUT2D eigenvalue weighted by atomic mass is 32.2. The molecule has 0 spiro atoms. The summed E-state index contributed by atoms with van der Waals surface area (Å²) >= 11 is 0. The number of nitrogens with one attached hydrogen (secondary N) is 1. The first-order chi connectivity index (χ1) is 11.6. The minimum absolute atomic E-state index is 0.112. The third-order valence-corrected chi connectivity index (χ3v) is 4.85. The molecule has 2 aromatic carbocycles. The molecule has 6 heteroatoms. The quantitative estimate of drug-likeness (QED) is 0.738. The number of nitrogens with zero attached hydrogens (tertiary/aromatic N) is 1. The van der Waals surface area contributed by atoms with Crippen LogP contribution in [0.1, 0.15) is 18.1 Å². The Morgan fingerprint density at radius 1 is 1.00 bits per heavy atom. The lowest BCUT2D eigenvalue weighted by Gasteiger charge is -2.04. The van der Waals surface area contributed by atoms with Gasteiger partial charge in [0.1, 0.15) is 5.69 Å². The largest absolute Gasteiger partial charge is 0.337 e. The zero-order chi connectivity index (χ0) is 17.0. The summed E-state index contributed by atoms with van der Waals surface area (Å²) in [5.74, 6) is -0.00443. The van der Waals surface area contributed by atoms with Crippen LogP contribution in [0.25, 0.3) is 11.3 Å². The normalized spacial score (nSPS) is 11.4. The SMILES string of the molecule is CCc1ccc(-c2cc(NS(=O)(=O)Cc3ccccc3)on2)cc1. The van der Waals surface area contributed by atoms with Crippen LogP contribution in [0.5, 0.6) is 0 Å². The highest BCUT2D eigenvalue weighted by Gasteiger charge is 2.15. The third-order valence-electron chi connectivity index (χ3n) is 3.62. The van der Waals surface area contributed by atoms with Gasteiger partial charge in [0.2, 0.25) is 15.9 Å². The van der Waals surface area contributed by atoms with Gasteiger partial charge in [-0.1, -0.05) is 66.7 Å². The lowest BCUT2D eigenvalue weighted by Crippen LogP contribution is -2.14. The number of hydrogen-bond donors (Lipinski definition) is 1. The molecule has 0 atom stereocenters. The molecule has 124 valence electrons. The molecule has 1 heterocycles. The number of rotatable bonds is 6. The minimum atomic E-state index is -3.55. The highest BCUT2D eigenvalue weighted by Crippen LogP contribution is 2.23. The van der Waals surface area contributed by atoms with E-state index in [9.17, 15) is 8.42 Å². The first-order valence-corrected chi connectivity index (χ1v) is 9.31. The highest BCUT2D eigenvalue weighted by molar-refractivity contribution is 7.91. The number of hydrogen-bond acceptors (Lipinski definition) is 4. The Kier molecular flexibility index (Phi) is 4.66. The fourth-order valence-corrected chi connectivity index (χ4v) is 3.46. The van der Waals surface area contributed by atoms with Crippen molar-refractivity contribution < 1.29 is 12.9 Å². The van der Waals surface area contributed by atoms with E-state index >= 15 is 0 Å². The maximum Gasteiger partial charge on any atom is 0.239 e. The smallest absolute Gasteiger partial charge is 0.239 e. The Morgan fingerprint density at radius 3 is 2.38 bits per heavy atom. The van der Waals surface area contributed by atoms with Crippen molar-refractivity contribution in [2.24, 2.45) is 0 Å². The fourth-order valence-electron chi connectivity index (χ4n) is 2.35. The minimum Gasteiger partial charge on any atom is -0.337 e. The molecule has 3 aromatic rings. The maximum absolute atomic E-state index is 12.2. The van der Waals surface area contributed by atoms with Gasteiger partial charge in [-0.3, -0.25) is 4.72 Å². The molecule has 1 aromatic heterocycles. The second-order valence-corrected chi connectivity index (χ2v) is 7.20. The Hall–Kier alpha value is -2.60. The van der Waals surface area contributed by atoms with Gasteiger partial charge in [-0.2, -0.15) is 0 Å². The van der Waals surface area contributed by atoms with Gasteiger partial charge in [0.05, 0.1) is 5.75 Å². The molecule has 24 heavy (non-hydrogen) atoms. The molecule has 0 amide bonds. The van der Waals surface area contributed by atoms with Gasteiger partial charge >= 0.3 is 0 Å². The second kappa shape index (κ2) is 6.88. The summed E-state index contributed by atoms with van der Waals surface area (Å²) in [7, 11) is -3.55. The van der Waals surface area contributed by atoms with Crippen LogP contribution in [0.15, 0.2) is 65.2 Å². The van der Waals surface area contributed by atoms with Crippen LogP contribution in [0, 0.1) is 0 Å². The van der Waals surface area contributed by atoms with Crippen molar-refractivity contribution >= 4 is 15.9 Å². The third kappa shape index (κ3) is 4.02. The zero-order valence-corrected chi connectivity index (χ0v) is 14.1.